The Morgan fingerprint density at radius 1 is 1.14 bits per heavy atom. The van der Waals surface area contributed by atoms with Gasteiger partial charge in [0.15, 0.2) is 0 Å². The van der Waals surface area contributed by atoms with Gasteiger partial charge in [-0.25, -0.2) is 9.48 Å². The molecule has 0 saturated carbocycles. The van der Waals surface area contributed by atoms with Crippen LogP contribution in [0.25, 0.3) is 5.69 Å². The summed E-state index contributed by atoms with van der Waals surface area (Å²) in [5, 5.41) is 7.78. The molecule has 1 aromatic carbocycles. The summed E-state index contributed by atoms with van der Waals surface area (Å²) in [5.41, 5.74) is 3.09. The average Bonchev–Trinajstić information content (AvgIpc) is 3.17. The van der Waals surface area contributed by atoms with E-state index in [0.29, 0.717) is 25.2 Å². The van der Waals surface area contributed by atoms with Crippen molar-refractivity contribution in [2.45, 2.75) is 84.2 Å². The summed E-state index contributed by atoms with van der Waals surface area (Å²) in [6.07, 6.45) is 0.422. The molecule has 4 heterocycles. The second kappa shape index (κ2) is 8.35. The van der Waals surface area contributed by atoms with E-state index in [1.807, 2.05) is 77.4 Å². The van der Waals surface area contributed by atoms with Crippen molar-refractivity contribution >= 4 is 24.6 Å². The maximum Gasteiger partial charge on any atom is 0.494 e. The number of nitrogens with zero attached hydrogens (tertiary/aromatic N) is 3. The highest BCUT2D eigenvalue weighted by Crippen LogP contribution is 2.37. The van der Waals surface area contributed by atoms with Crippen molar-refractivity contribution in [2.75, 3.05) is 13.1 Å². The number of amides is 2. The number of benzene rings is 1. The molecule has 1 N–H and O–H groups in total. The average molecular weight is 494 g/mol. The molecule has 2 aromatic rings. The SMILES string of the molecule is CC(C)(C)OC(=O)N1CCc2c3c(nn2-c2ccc(B4OC(C)(C)C(C)(C)O4)cc2)CC(=O)NCC31. The van der Waals surface area contributed by atoms with Crippen LogP contribution in [0.2, 0.25) is 0 Å². The zero-order valence-corrected chi connectivity index (χ0v) is 22.2. The first-order valence-corrected chi connectivity index (χ1v) is 12.6. The quantitative estimate of drug-likeness (QED) is 0.646. The van der Waals surface area contributed by atoms with Crippen LogP contribution in [0, 0.1) is 0 Å². The summed E-state index contributed by atoms with van der Waals surface area (Å²) in [6, 6.07) is 7.67. The highest BCUT2D eigenvalue weighted by Gasteiger charge is 2.51. The molecule has 0 aliphatic carbocycles. The number of carbonyl (C=O) groups excluding carboxylic acids is 2. The van der Waals surface area contributed by atoms with Crippen LogP contribution in [0.1, 0.15) is 71.5 Å². The summed E-state index contributed by atoms with van der Waals surface area (Å²) in [6.45, 7) is 14.5. The third-order valence-electron chi connectivity index (χ3n) is 7.51. The Hall–Kier alpha value is -2.85. The molecule has 9 nitrogen and oxygen atoms in total. The fraction of sp³-hybridized carbons (Fsp3) is 0.577. The highest BCUT2D eigenvalue weighted by atomic mass is 16.7. The molecule has 2 amide bonds. The third kappa shape index (κ3) is 4.30. The summed E-state index contributed by atoms with van der Waals surface area (Å²) < 4.78 is 19.9. The van der Waals surface area contributed by atoms with E-state index in [2.05, 4.69) is 5.32 Å². The Bertz CT molecular complexity index is 1180. The van der Waals surface area contributed by atoms with Crippen LogP contribution in [0.4, 0.5) is 4.79 Å². The molecule has 0 radical (unpaired) electrons. The van der Waals surface area contributed by atoms with Gasteiger partial charge >= 0.3 is 13.2 Å². The molecule has 0 spiro atoms. The number of ether oxygens (including phenoxy) is 1. The van der Waals surface area contributed by atoms with Crippen LogP contribution in [0.5, 0.6) is 0 Å². The number of carbonyl (C=O) groups is 2. The van der Waals surface area contributed by atoms with Gasteiger partial charge in [0.2, 0.25) is 5.91 Å². The number of rotatable bonds is 2. The second-order valence-electron chi connectivity index (χ2n) is 11.8. The van der Waals surface area contributed by atoms with Gasteiger partial charge in [-0.15, -0.1) is 0 Å². The maximum absolute atomic E-state index is 13.0. The van der Waals surface area contributed by atoms with Crippen molar-refractivity contribution in [1.82, 2.24) is 20.0 Å². The number of hydrogen-bond acceptors (Lipinski definition) is 6. The molecule has 5 rings (SSSR count). The third-order valence-corrected chi connectivity index (χ3v) is 7.51. The lowest BCUT2D eigenvalue weighted by molar-refractivity contribution is -0.120. The van der Waals surface area contributed by atoms with Gasteiger partial charge in [0, 0.05) is 25.1 Å². The fourth-order valence-corrected chi connectivity index (χ4v) is 4.95. The summed E-state index contributed by atoms with van der Waals surface area (Å²) in [7, 11) is -0.438. The molecule has 1 unspecified atom stereocenters. The smallest absolute Gasteiger partial charge is 0.444 e. The Balaban J connectivity index is 1.46. The predicted octanol–water partition coefficient (Wildman–Crippen LogP) is 2.68. The number of aromatic nitrogens is 2. The van der Waals surface area contributed by atoms with Gasteiger partial charge in [-0.2, -0.15) is 5.10 Å². The van der Waals surface area contributed by atoms with Crippen molar-refractivity contribution in [3.8, 4) is 5.69 Å². The van der Waals surface area contributed by atoms with Crippen LogP contribution in [0.15, 0.2) is 24.3 Å². The molecule has 192 valence electrons. The van der Waals surface area contributed by atoms with E-state index in [-0.39, 0.29) is 24.5 Å². The normalized spacial score (nSPS) is 22.6. The minimum Gasteiger partial charge on any atom is -0.444 e. The van der Waals surface area contributed by atoms with Gasteiger partial charge in [-0.3, -0.25) is 9.69 Å². The second-order valence-corrected chi connectivity index (χ2v) is 11.8. The van der Waals surface area contributed by atoms with Crippen LogP contribution in [-0.2, 0) is 31.7 Å². The van der Waals surface area contributed by atoms with Crippen molar-refractivity contribution in [3.63, 3.8) is 0 Å². The molecular weight excluding hydrogens is 459 g/mol. The molecule has 1 atom stereocenters. The Labute approximate surface area is 212 Å². The lowest BCUT2D eigenvalue weighted by atomic mass is 9.79. The van der Waals surface area contributed by atoms with Crippen molar-refractivity contribution in [3.05, 3.63) is 41.2 Å². The predicted molar refractivity (Wildman–Crippen MR) is 135 cm³/mol. The van der Waals surface area contributed by atoms with Gasteiger partial charge in [0.25, 0.3) is 0 Å². The maximum atomic E-state index is 13.0. The van der Waals surface area contributed by atoms with Crippen molar-refractivity contribution in [1.29, 1.82) is 0 Å². The Morgan fingerprint density at radius 3 is 2.39 bits per heavy atom. The van der Waals surface area contributed by atoms with Crippen LogP contribution < -0.4 is 10.8 Å². The fourth-order valence-electron chi connectivity index (χ4n) is 4.95. The Kier molecular flexibility index (Phi) is 5.76. The van der Waals surface area contributed by atoms with E-state index in [1.165, 1.54) is 0 Å². The number of nitrogens with one attached hydrogen (secondary N) is 1. The first-order valence-electron chi connectivity index (χ1n) is 12.6. The van der Waals surface area contributed by atoms with Gasteiger partial charge in [0.05, 0.1) is 40.7 Å². The van der Waals surface area contributed by atoms with E-state index in [0.717, 1.165) is 22.4 Å². The first kappa shape index (κ1) is 24.8. The van der Waals surface area contributed by atoms with E-state index < -0.39 is 23.9 Å². The standard InChI is InChI=1S/C26H35BN4O5/c1-24(2,3)34-23(33)30-13-12-19-22-18(14-21(32)28-15-20(22)30)29-31(19)17-10-8-16(9-11-17)27-35-25(4,5)26(6,7)36-27/h8-11,20H,12-15H2,1-7H3,(H,28,32). The zero-order valence-electron chi connectivity index (χ0n) is 22.2. The highest BCUT2D eigenvalue weighted by molar-refractivity contribution is 6.62. The van der Waals surface area contributed by atoms with E-state index in [1.54, 1.807) is 4.90 Å². The van der Waals surface area contributed by atoms with Crippen LogP contribution in [0.3, 0.4) is 0 Å². The summed E-state index contributed by atoms with van der Waals surface area (Å²) in [4.78, 5) is 27.2. The largest absolute Gasteiger partial charge is 0.494 e. The van der Waals surface area contributed by atoms with Crippen LogP contribution >= 0.6 is 0 Å². The molecular formula is C26H35BN4O5. The lowest BCUT2D eigenvalue weighted by Crippen LogP contribution is -2.46. The molecule has 10 heteroatoms. The van der Waals surface area contributed by atoms with Crippen molar-refractivity contribution in [2.24, 2.45) is 0 Å². The minimum absolute atomic E-state index is 0.0999. The van der Waals surface area contributed by atoms with E-state index in [4.69, 9.17) is 19.1 Å². The summed E-state index contributed by atoms with van der Waals surface area (Å²) in [5.74, 6) is -0.0999. The summed E-state index contributed by atoms with van der Waals surface area (Å²) >= 11 is 0. The Morgan fingerprint density at radius 2 is 1.78 bits per heavy atom. The van der Waals surface area contributed by atoms with Gasteiger partial charge in [-0.05, 0) is 66.1 Å². The van der Waals surface area contributed by atoms with Crippen molar-refractivity contribution < 1.29 is 23.6 Å². The molecule has 1 saturated heterocycles. The minimum atomic E-state index is -0.600. The molecule has 1 aromatic heterocycles. The molecule has 0 bridgehead atoms. The van der Waals surface area contributed by atoms with Gasteiger partial charge in [-0.1, -0.05) is 12.1 Å². The van der Waals surface area contributed by atoms with Gasteiger partial charge < -0.3 is 19.4 Å². The van der Waals surface area contributed by atoms with E-state index >= 15 is 0 Å². The monoisotopic (exact) mass is 494 g/mol. The lowest BCUT2D eigenvalue weighted by Gasteiger charge is -2.36. The topological polar surface area (TPSA) is 94.9 Å². The molecule has 3 aliphatic rings. The number of hydrogen-bond donors (Lipinski definition) is 1. The molecule has 1 fully saturated rings. The molecule has 36 heavy (non-hydrogen) atoms. The molecule has 3 aliphatic heterocycles. The first-order chi connectivity index (χ1) is 16.8. The van der Waals surface area contributed by atoms with Crippen LogP contribution in [-0.4, -0.2) is 63.7 Å². The zero-order chi connectivity index (χ0) is 26.0. The van der Waals surface area contributed by atoms with Gasteiger partial charge in [0.1, 0.15) is 5.60 Å². The van der Waals surface area contributed by atoms with E-state index in [9.17, 15) is 9.59 Å².